The molecule has 0 spiro atoms. The Morgan fingerprint density at radius 3 is 1.07 bits per heavy atom. The van der Waals surface area contributed by atoms with E-state index in [1.165, 1.54) is 50.2 Å². The van der Waals surface area contributed by atoms with Gasteiger partial charge in [-0.15, -0.1) is 0 Å². The van der Waals surface area contributed by atoms with E-state index in [1.807, 2.05) is 0 Å². The normalized spacial score (nSPS) is 9.26. The minimum Gasteiger partial charge on any atom is -0.545 e. The first kappa shape index (κ1) is 24.1. The van der Waals surface area contributed by atoms with Crippen LogP contribution in [0, 0.1) is 13.8 Å². The molecule has 8 nitrogen and oxygen atoms in total. The summed E-state index contributed by atoms with van der Waals surface area (Å²) < 4.78 is 0. The van der Waals surface area contributed by atoms with E-state index >= 15 is 0 Å². The zero-order chi connectivity index (χ0) is 20.0. The zero-order valence-electron chi connectivity index (χ0n) is 14.2. The van der Waals surface area contributed by atoms with Gasteiger partial charge < -0.3 is 39.6 Å². The van der Waals surface area contributed by atoms with Crippen molar-refractivity contribution < 1.29 is 39.6 Å². The van der Waals surface area contributed by atoms with Gasteiger partial charge in [0.1, 0.15) is 0 Å². The Bertz CT molecular complexity index is 815. The fraction of sp³-hybridized carbons (Fsp3) is 0.111. The third-order valence-electron chi connectivity index (χ3n) is 3.36. The number of carboxylic acids is 4. The number of carboxylic acid groups (broad SMARTS) is 4. The van der Waals surface area contributed by atoms with Gasteiger partial charge in [-0.3, -0.25) is 0 Å². The van der Waals surface area contributed by atoms with Crippen molar-refractivity contribution in [2.75, 3.05) is 0 Å². The van der Waals surface area contributed by atoms with Crippen molar-refractivity contribution in [3.63, 3.8) is 0 Å². The van der Waals surface area contributed by atoms with Gasteiger partial charge in [0, 0.05) is 11.1 Å². The second-order valence-corrected chi connectivity index (χ2v) is 5.21. The predicted molar refractivity (Wildman–Crippen MR) is 85.4 cm³/mol. The second-order valence-electron chi connectivity index (χ2n) is 5.21. The Morgan fingerprint density at radius 2 is 0.889 bits per heavy atom. The topological polar surface area (TPSA) is 161 Å². The number of carbonyl (C=O) groups excluding carboxylic acids is 4. The molecule has 0 amide bonds. The molecule has 2 rings (SSSR count). The molecular weight excluding hydrogens is 463 g/mol. The average molecular weight is 475 g/mol. The molecule has 0 saturated heterocycles. The molecular formula is C18H12O8Sn. The van der Waals surface area contributed by atoms with Crippen LogP contribution < -0.4 is 20.4 Å². The molecule has 0 aliphatic carbocycles. The molecule has 0 fully saturated rings. The van der Waals surface area contributed by atoms with E-state index < -0.39 is 23.9 Å². The summed E-state index contributed by atoms with van der Waals surface area (Å²) in [4.78, 5) is 41.6. The molecule has 136 valence electrons. The van der Waals surface area contributed by atoms with Crippen LogP contribution in [-0.4, -0.2) is 47.8 Å². The van der Waals surface area contributed by atoms with Crippen molar-refractivity contribution in [2.24, 2.45) is 0 Å². The molecule has 0 N–H and O–H groups in total. The van der Waals surface area contributed by atoms with Crippen molar-refractivity contribution in [1.82, 2.24) is 0 Å². The van der Waals surface area contributed by atoms with Crippen molar-refractivity contribution in [3.8, 4) is 0 Å². The van der Waals surface area contributed by atoms with Crippen LogP contribution in [0.4, 0.5) is 0 Å². The monoisotopic (exact) mass is 476 g/mol. The van der Waals surface area contributed by atoms with Crippen LogP contribution in [0.1, 0.15) is 52.6 Å². The molecule has 0 aliphatic heterocycles. The first-order valence-corrected chi connectivity index (χ1v) is 7.11. The Labute approximate surface area is 171 Å². The average Bonchev–Trinajstić information content (AvgIpc) is 2.54. The van der Waals surface area contributed by atoms with Gasteiger partial charge >= 0.3 is 23.9 Å². The molecule has 9 heteroatoms. The third kappa shape index (κ3) is 6.74. The van der Waals surface area contributed by atoms with Crippen molar-refractivity contribution in [3.05, 3.63) is 69.8 Å². The molecule has 0 radical (unpaired) electrons. The minimum absolute atomic E-state index is 0. The molecule has 0 aliphatic rings. The molecule has 2 aromatic carbocycles. The quantitative estimate of drug-likeness (QED) is 0.425. The molecule has 0 unspecified atom stereocenters. The van der Waals surface area contributed by atoms with E-state index in [1.54, 1.807) is 0 Å². The van der Waals surface area contributed by atoms with Gasteiger partial charge in [-0.1, -0.05) is 24.3 Å². The van der Waals surface area contributed by atoms with Crippen LogP contribution in [0.15, 0.2) is 36.4 Å². The summed E-state index contributed by atoms with van der Waals surface area (Å²) in [5, 5.41) is 41.6. The number of hydrogen-bond donors (Lipinski definition) is 0. The maximum atomic E-state index is 10.4. The first-order chi connectivity index (χ1) is 12.0. The summed E-state index contributed by atoms with van der Waals surface area (Å²) in [5.41, 5.74) is 0.600. The Balaban J connectivity index is 0.000000483. The smallest absolute Gasteiger partial charge is 0.545 e. The van der Waals surface area contributed by atoms with Crippen LogP contribution in [0.25, 0.3) is 0 Å². The standard InChI is InChI=1S/2C9H8O4.Sn/c2*1-5-4-6(8(10)11)2-3-7(5)9(12)13;/h2*2-4H,1H3,(H,10,11)(H,12,13);/q;;+4/p-4. The van der Waals surface area contributed by atoms with Crippen molar-refractivity contribution >= 4 is 47.8 Å². The van der Waals surface area contributed by atoms with Crippen LogP contribution in [0.3, 0.4) is 0 Å². The van der Waals surface area contributed by atoms with Gasteiger partial charge in [-0.05, 0) is 48.2 Å². The number of benzene rings is 2. The molecule has 0 aromatic heterocycles. The van der Waals surface area contributed by atoms with E-state index in [9.17, 15) is 39.6 Å². The molecule has 2 aromatic rings. The predicted octanol–water partition coefficient (Wildman–Crippen LogP) is -2.94. The van der Waals surface area contributed by atoms with Crippen LogP contribution in [0.5, 0.6) is 0 Å². The SMILES string of the molecule is Cc1cc(C(=O)[O-])ccc1C(=O)[O-].Cc1cc(C(=O)[O-])ccc1C(=O)[O-].[Sn+4]. The molecule has 0 heterocycles. The first-order valence-electron chi connectivity index (χ1n) is 7.11. The number of carbonyl (C=O) groups is 4. The third-order valence-corrected chi connectivity index (χ3v) is 3.36. The van der Waals surface area contributed by atoms with Gasteiger partial charge in [0.05, 0.1) is 23.9 Å². The van der Waals surface area contributed by atoms with Gasteiger partial charge in [-0.25, -0.2) is 0 Å². The van der Waals surface area contributed by atoms with E-state index in [0.717, 1.165) is 0 Å². The van der Waals surface area contributed by atoms with Crippen molar-refractivity contribution in [1.29, 1.82) is 0 Å². The van der Waals surface area contributed by atoms with E-state index in [4.69, 9.17) is 0 Å². The molecule has 0 saturated carbocycles. The Hall–Kier alpha value is -2.88. The minimum atomic E-state index is -1.33. The number of rotatable bonds is 4. The number of aryl methyl sites for hydroxylation is 2. The fourth-order valence-corrected chi connectivity index (χ4v) is 2.04. The maximum Gasteiger partial charge on any atom is 4.00 e. The van der Waals surface area contributed by atoms with Crippen molar-refractivity contribution in [2.45, 2.75) is 13.8 Å². The van der Waals surface area contributed by atoms with E-state index in [2.05, 4.69) is 0 Å². The van der Waals surface area contributed by atoms with Gasteiger partial charge in [0.25, 0.3) is 0 Å². The summed E-state index contributed by atoms with van der Waals surface area (Å²) in [6, 6.07) is 7.20. The van der Waals surface area contributed by atoms with Gasteiger partial charge in [0.15, 0.2) is 0 Å². The summed E-state index contributed by atoms with van der Waals surface area (Å²) in [5.74, 6) is -5.29. The summed E-state index contributed by atoms with van der Waals surface area (Å²) in [6.45, 7) is 3.00. The van der Waals surface area contributed by atoms with Gasteiger partial charge in [0.2, 0.25) is 0 Å². The van der Waals surface area contributed by atoms with E-state index in [0.29, 0.717) is 11.1 Å². The van der Waals surface area contributed by atoms with Gasteiger partial charge in [-0.2, -0.15) is 0 Å². The Morgan fingerprint density at radius 1 is 0.593 bits per heavy atom. The molecule has 0 bridgehead atoms. The Kier molecular flexibility index (Phi) is 9.21. The summed E-state index contributed by atoms with van der Waals surface area (Å²) in [7, 11) is 0. The number of aromatic carboxylic acids is 4. The summed E-state index contributed by atoms with van der Waals surface area (Å²) >= 11 is 0. The summed E-state index contributed by atoms with van der Waals surface area (Å²) in [6.07, 6.45) is 0. The number of hydrogen-bond acceptors (Lipinski definition) is 8. The zero-order valence-corrected chi connectivity index (χ0v) is 17.1. The maximum absolute atomic E-state index is 10.4. The molecule has 0 atom stereocenters. The van der Waals surface area contributed by atoms with Crippen LogP contribution in [-0.2, 0) is 0 Å². The fourth-order valence-electron chi connectivity index (χ4n) is 2.04. The second kappa shape index (κ2) is 10.3. The molecule has 27 heavy (non-hydrogen) atoms. The largest absolute Gasteiger partial charge is 4.00 e. The van der Waals surface area contributed by atoms with Crippen LogP contribution in [0.2, 0.25) is 0 Å². The van der Waals surface area contributed by atoms with E-state index in [-0.39, 0.29) is 46.2 Å². The van der Waals surface area contributed by atoms with Crippen LogP contribution >= 0.6 is 0 Å².